The van der Waals surface area contributed by atoms with Crippen LogP contribution in [-0.2, 0) is 13.0 Å². The quantitative estimate of drug-likeness (QED) is 0.460. The molecule has 1 aliphatic rings. The van der Waals surface area contributed by atoms with Crippen molar-refractivity contribution in [2.24, 2.45) is 10.9 Å². The van der Waals surface area contributed by atoms with Gasteiger partial charge in [-0.1, -0.05) is 24.3 Å². The zero-order valence-corrected chi connectivity index (χ0v) is 19.4. The fraction of sp³-hybridized carbons (Fsp3) is 0.480. The van der Waals surface area contributed by atoms with Crippen LogP contribution in [0, 0.1) is 11.7 Å². The van der Waals surface area contributed by atoms with Gasteiger partial charge in [0.2, 0.25) is 0 Å². The molecule has 7 heteroatoms. The van der Waals surface area contributed by atoms with E-state index in [9.17, 15) is 4.39 Å². The topological polar surface area (TPSA) is 58.1 Å². The van der Waals surface area contributed by atoms with Crippen molar-refractivity contribution < 1.29 is 13.9 Å². The first kappa shape index (κ1) is 23.9. The number of nitrogens with zero attached hydrogens (tertiary/aromatic N) is 2. The largest absolute Gasteiger partial charge is 0.493 e. The number of piperidine rings is 1. The van der Waals surface area contributed by atoms with E-state index in [0.717, 1.165) is 68.5 Å². The number of guanidine groups is 1. The summed E-state index contributed by atoms with van der Waals surface area (Å²) in [4.78, 5) is 6.68. The Morgan fingerprint density at radius 2 is 1.81 bits per heavy atom. The van der Waals surface area contributed by atoms with Gasteiger partial charge in [-0.15, -0.1) is 0 Å². The van der Waals surface area contributed by atoms with Crippen molar-refractivity contribution in [2.45, 2.75) is 25.8 Å². The van der Waals surface area contributed by atoms with E-state index in [1.54, 1.807) is 27.3 Å². The first-order chi connectivity index (χ1) is 15.6. The Balaban J connectivity index is 1.36. The van der Waals surface area contributed by atoms with Gasteiger partial charge in [-0.3, -0.25) is 9.89 Å². The summed E-state index contributed by atoms with van der Waals surface area (Å²) in [6.07, 6.45) is 3.06. The molecule has 0 bridgehead atoms. The summed E-state index contributed by atoms with van der Waals surface area (Å²) in [6.45, 7) is 4.34. The number of ether oxygens (including phenoxy) is 2. The van der Waals surface area contributed by atoms with Crippen molar-refractivity contribution in [3.63, 3.8) is 0 Å². The molecule has 0 radical (unpaired) electrons. The fourth-order valence-corrected chi connectivity index (χ4v) is 4.04. The van der Waals surface area contributed by atoms with Crippen molar-refractivity contribution in [3.8, 4) is 11.5 Å². The predicted molar refractivity (Wildman–Crippen MR) is 127 cm³/mol. The molecule has 1 heterocycles. The predicted octanol–water partition coefficient (Wildman–Crippen LogP) is 3.46. The normalized spacial score (nSPS) is 15.4. The maximum atomic E-state index is 13.9. The van der Waals surface area contributed by atoms with Gasteiger partial charge in [0, 0.05) is 32.2 Å². The van der Waals surface area contributed by atoms with Crippen LogP contribution in [0.3, 0.4) is 0 Å². The number of hydrogen-bond donors (Lipinski definition) is 2. The molecule has 174 valence electrons. The van der Waals surface area contributed by atoms with E-state index in [1.165, 1.54) is 11.6 Å². The average Bonchev–Trinajstić information content (AvgIpc) is 2.83. The molecule has 2 aromatic rings. The van der Waals surface area contributed by atoms with Gasteiger partial charge < -0.3 is 20.1 Å². The monoisotopic (exact) mass is 442 g/mol. The Hall–Kier alpha value is -2.80. The van der Waals surface area contributed by atoms with Gasteiger partial charge in [0.25, 0.3) is 0 Å². The molecule has 32 heavy (non-hydrogen) atoms. The second kappa shape index (κ2) is 12.3. The molecule has 0 aromatic heterocycles. The number of hydrogen-bond acceptors (Lipinski definition) is 4. The molecular weight excluding hydrogens is 407 g/mol. The van der Waals surface area contributed by atoms with Gasteiger partial charge in [-0.05, 0) is 62.0 Å². The molecule has 0 saturated carbocycles. The molecule has 6 nitrogen and oxygen atoms in total. The first-order valence-electron chi connectivity index (χ1n) is 11.2. The third-order valence-corrected chi connectivity index (χ3v) is 5.99. The van der Waals surface area contributed by atoms with E-state index in [0.29, 0.717) is 12.5 Å². The number of benzene rings is 2. The van der Waals surface area contributed by atoms with Crippen molar-refractivity contribution in [2.75, 3.05) is 47.4 Å². The van der Waals surface area contributed by atoms with Crippen LogP contribution in [0.2, 0.25) is 0 Å². The maximum Gasteiger partial charge on any atom is 0.190 e. The Kier molecular flexibility index (Phi) is 9.16. The highest BCUT2D eigenvalue weighted by Gasteiger charge is 2.20. The summed E-state index contributed by atoms with van der Waals surface area (Å²) < 4.78 is 24.6. The minimum atomic E-state index is -0.112. The van der Waals surface area contributed by atoms with Crippen LogP contribution in [0.15, 0.2) is 47.5 Å². The lowest BCUT2D eigenvalue weighted by atomic mass is 9.96. The highest BCUT2D eigenvalue weighted by atomic mass is 19.1. The Bertz CT molecular complexity index is 882. The number of rotatable bonds is 9. The standard InChI is InChI=1S/C25H35FN4O2/c1-27-25(28-13-10-19-8-9-23(31-2)24(16-19)32-3)29-17-20-11-14-30(15-12-20)18-21-6-4-5-7-22(21)26/h4-9,16,20H,10-15,17-18H2,1-3H3,(H2,27,28,29). The Labute approximate surface area is 190 Å². The van der Waals surface area contributed by atoms with Crippen LogP contribution in [0.4, 0.5) is 4.39 Å². The molecule has 2 N–H and O–H groups in total. The van der Waals surface area contributed by atoms with Crippen molar-refractivity contribution >= 4 is 5.96 Å². The Morgan fingerprint density at radius 3 is 2.50 bits per heavy atom. The summed E-state index contributed by atoms with van der Waals surface area (Å²) in [7, 11) is 5.08. The SMILES string of the molecule is CN=C(NCCc1ccc(OC)c(OC)c1)NCC1CCN(Cc2ccccc2F)CC1. The molecule has 2 aromatic carbocycles. The number of nitrogens with one attached hydrogen (secondary N) is 2. The van der Waals surface area contributed by atoms with E-state index >= 15 is 0 Å². The van der Waals surface area contributed by atoms with Crippen LogP contribution < -0.4 is 20.1 Å². The van der Waals surface area contributed by atoms with Gasteiger partial charge in [-0.2, -0.15) is 0 Å². The van der Waals surface area contributed by atoms with Gasteiger partial charge in [-0.25, -0.2) is 4.39 Å². The summed E-state index contributed by atoms with van der Waals surface area (Å²) in [5.41, 5.74) is 1.95. The minimum Gasteiger partial charge on any atom is -0.493 e. The lowest BCUT2D eigenvalue weighted by Crippen LogP contribution is -2.43. The average molecular weight is 443 g/mol. The van der Waals surface area contributed by atoms with Crippen LogP contribution in [0.1, 0.15) is 24.0 Å². The number of likely N-dealkylation sites (tertiary alicyclic amines) is 1. The number of aliphatic imine (C=N–C) groups is 1. The van der Waals surface area contributed by atoms with Gasteiger partial charge in [0.15, 0.2) is 17.5 Å². The zero-order chi connectivity index (χ0) is 22.8. The highest BCUT2D eigenvalue weighted by Crippen LogP contribution is 2.27. The molecule has 1 fully saturated rings. The highest BCUT2D eigenvalue weighted by molar-refractivity contribution is 5.79. The summed E-state index contributed by atoms with van der Waals surface area (Å²) in [5.74, 6) is 2.78. The lowest BCUT2D eigenvalue weighted by molar-refractivity contribution is 0.176. The van der Waals surface area contributed by atoms with E-state index in [-0.39, 0.29) is 5.82 Å². The summed E-state index contributed by atoms with van der Waals surface area (Å²) >= 11 is 0. The minimum absolute atomic E-state index is 0.112. The molecule has 0 atom stereocenters. The van der Waals surface area contributed by atoms with Crippen LogP contribution in [0.25, 0.3) is 0 Å². The number of halogens is 1. The van der Waals surface area contributed by atoms with Gasteiger partial charge in [0.1, 0.15) is 5.82 Å². The second-order valence-corrected chi connectivity index (χ2v) is 8.13. The zero-order valence-electron chi connectivity index (χ0n) is 19.4. The molecule has 1 aliphatic heterocycles. The molecule has 3 rings (SSSR count). The van der Waals surface area contributed by atoms with Crippen LogP contribution in [-0.4, -0.2) is 58.3 Å². The molecule has 0 amide bonds. The van der Waals surface area contributed by atoms with Crippen molar-refractivity contribution in [1.29, 1.82) is 0 Å². The molecule has 0 spiro atoms. The van der Waals surface area contributed by atoms with E-state index in [2.05, 4.69) is 20.5 Å². The lowest BCUT2D eigenvalue weighted by Gasteiger charge is -2.32. The third-order valence-electron chi connectivity index (χ3n) is 5.99. The van der Waals surface area contributed by atoms with Crippen molar-refractivity contribution in [1.82, 2.24) is 15.5 Å². The van der Waals surface area contributed by atoms with Gasteiger partial charge in [0.05, 0.1) is 14.2 Å². The second-order valence-electron chi connectivity index (χ2n) is 8.13. The Morgan fingerprint density at radius 1 is 1.06 bits per heavy atom. The third kappa shape index (κ3) is 6.85. The van der Waals surface area contributed by atoms with E-state index in [1.807, 2.05) is 30.3 Å². The maximum absolute atomic E-state index is 13.9. The van der Waals surface area contributed by atoms with E-state index < -0.39 is 0 Å². The molecule has 0 unspecified atom stereocenters. The molecule has 1 saturated heterocycles. The molecule has 0 aliphatic carbocycles. The van der Waals surface area contributed by atoms with E-state index in [4.69, 9.17) is 9.47 Å². The van der Waals surface area contributed by atoms with Crippen molar-refractivity contribution in [3.05, 3.63) is 59.4 Å². The van der Waals surface area contributed by atoms with Crippen LogP contribution in [0.5, 0.6) is 11.5 Å². The van der Waals surface area contributed by atoms with Gasteiger partial charge >= 0.3 is 0 Å². The smallest absolute Gasteiger partial charge is 0.190 e. The fourth-order valence-electron chi connectivity index (χ4n) is 4.04. The molecular formula is C25H35FN4O2. The summed E-state index contributed by atoms with van der Waals surface area (Å²) in [6, 6.07) is 13.0. The van der Waals surface area contributed by atoms with Crippen LogP contribution >= 0.6 is 0 Å². The number of methoxy groups -OCH3 is 2. The summed E-state index contributed by atoms with van der Waals surface area (Å²) in [5, 5.41) is 6.84. The first-order valence-corrected chi connectivity index (χ1v) is 11.2.